The molecular formula is C34H44FN3O3. The molecule has 1 aliphatic carbocycles. The molecule has 7 heteroatoms. The van der Waals surface area contributed by atoms with E-state index in [4.69, 9.17) is 9.47 Å². The molecule has 0 saturated heterocycles. The number of hydrogen-bond donors (Lipinski definition) is 1. The van der Waals surface area contributed by atoms with Crippen LogP contribution >= 0.6 is 0 Å². The first-order valence-electron chi connectivity index (χ1n) is 14.7. The van der Waals surface area contributed by atoms with E-state index in [0.717, 1.165) is 41.7 Å². The summed E-state index contributed by atoms with van der Waals surface area (Å²) in [6.07, 6.45) is 4.93. The van der Waals surface area contributed by atoms with Crippen LogP contribution in [0.1, 0.15) is 52.7 Å². The van der Waals surface area contributed by atoms with E-state index in [1.54, 1.807) is 25.4 Å². The molecule has 41 heavy (non-hydrogen) atoms. The van der Waals surface area contributed by atoms with Crippen molar-refractivity contribution in [3.8, 4) is 11.5 Å². The minimum atomic E-state index is -0.510. The first-order chi connectivity index (χ1) is 19.7. The first kappa shape index (κ1) is 30.5. The number of fused-ring (bicyclic) bond motifs is 1. The van der Waals surface area contributed by atoms with Gasteiger partial charge in [-0.15, -0.1) is 0 Å². The molecule has 0 aliphatic heterocycles. The SMILES string of the molecule is CC=C(C)[C@]1(C(=O)Nc2ccc(CCc3ccnc4cc(OCCN(CC)CC)c(OC)cc34)c(F)c2)[C@H](C)[C@@H]1C. The van der Waals surface area contributed by atoms with Crippen LogP contribution in [0.15, 0.2) is 54.2 Å². The fraction of sp³-hybridized carbons (Fsp3) is 0.471. The van der Waals surface area contributed by atoms with E-state index >= 15 is 4.39 Å². The maximum Gasteiger partial charge on any atom is 0.235 e. The average molecular weight is 562 g/mol. The molecule has 1 aromatic heterocycles. The van der Waals surface area contributed by atoms with Crippen LogP contribution in [0.25, 0.3) is 10.9 Å². The zero-order valence-electron chi connectivity index (χ0n) is 25.5. The summed E-state index contributed by atoms with van der Waals surface area (Å²) in [7, 11) is 1.64. The van der Waals surface area contributed by atoms with Gasteiger partial charge in [0.25, 0.3) is 0 Å². The zero-order valence-corrected chi connectivity index (χ0v) is 25.5. The number of carbonyl (C=O) groups is 1. The molecule has 0 unspecified atom stereocenters. The Hall–Kier alpha value is -3.45. The second kappa shape index (κ2) is 13.0. The Balaban J connectivity index is 1.46. The third-order valence-electron chi connectivity index (χ3n) is 9.19. The van der Waals surface area contributed by atoms with E-state index in [9.17, 15) is 4.79 Å². The van der Waals surface area contributed by atoms with Crippen molar-refractivity contribution in [2.24, 2.45) is 17.3 Å². The van der Waals surface area contributed by atoms with Gasteiger partial charge in [0, 0.05) is 29.9 Å². The quantitative estimate of drug-likeness (QED) is 0.226. The highest BCUT2D eigenvalue weighted by Crippen LogP contribution is 2.63. The summed E-state index contributed by atoms with van der Waals surface area (Å²) in [6, 6.07) is 10.8. The standard InChI is InChI=1S/C34H44FN3O3/c1-8-22(4)34(23(5)24(34)6)33(39)37-27-14-13-26(29(35)19-27)12-11-25-15-16-36-30-21-32(31(40-7)20-28(25)30)41-18-17-38(9-2)10-3/h8,13-16,19-21,23-24H,9-12,17-18H2,1-7H3,(H,37,39)/t23-,24+,34+. The second-order valence-electron chi connectivity index (χ2n) is 11.0. The number of allylic oxidation sites excluding steroid dienone is 1. The minimum absolute atomic E-state index is 0.0612. The lowest BCUT2D eigenvalue weighted by atomic mass is 9.91. The van der Waals surface area contributed by atoms with E-state index in [0.29, 0.717) is 42.2 Å². The van der Waals surface area contributed by atoms with Crippen molar-refractivity contribution < 1.29 is 18.7 Å². The lowest BCUT2D eigenvalue weighted by molar-refractivity contribution is -0.120. The molecule has 0 radical (unpaired) electrons. The molecule has 2 aromatic carbocycles. The van der Waals surface area contributed by atoms with Gasteiger partial charge in [0.15, 0.2) is 11.5 Å². The van der Waals surface area contributed by atoms with Crippen molar-refractivity contribution in [3.63, 3.8) is 0 Å². The Morgan fingerprint density at radius 2 is 1.78 bits per heavy atom. The Labute approximate surface area is 243 Å². The minimum Gasteiger partial charge on any atom is -0.493 e. The van der Waals surface area contributed by atoms with Gasteiger partial charge in [-0.05, 0) is 87.0 Å². The summed E-state index contributed by atoms with van der Waals surface area (Å²) >= 11 is 0. The van der Waals surface area contributed by atoms with Crippen molar-refractivity contribution in [1.82, 2.24) is 9.88 Å². The topological polar surface area (TPSA) is 63.7 Å². The number of carbonyl (C=O) groups excluding carboxylic acids is 1. The molecule has 3 aromatic rings. The van der Waals surface area contributed by atoms with Gasteiger partial charge in [-0.25, -0.2) is 4.39 Å². The molecule has 0 bridgehead atoms. The normalized spacial score (nSPS) is 20.4. The number of nitrogens with zero attached hydrogens (tertiary/aromatic N) is 2. The maximum absolute atomic E-state index is 15.2. The first-order valence-corrected chi connectivity index (χ1v) is 14.7. The van der Waals surface area contributed by atoms with Crippen LogP contribution in [0.5, 0.6) is 11.5 Å². The van der Waals surface area contributed by atoms with Crippen LogP contribution in [0.3, 0.4) is 0 Å². The summed E-state index contributed by atoms with van der Waals surface area (Å²) < 4.78 is 26.9. The van der Waals surface area contributed by atoms with Gasteiger partial charge < -0.3 is 19.7 Å². The number of nitrogens with one attached hydrogen (secondary N) is 1. The number of ether oxygens (including phenoxy) is 2. The third kappa shape index (κ3) is 6.10. The Morgan fingerprint density at radius 1 is 1.07 bits per heavy atom. The van der Waals surface area contributed by atoms with E-state index in [2.05, 4.69) is 42.9 Å². The number of benzene rings is 2. The molecule has 220 valence electrons. The van der Waals surface area contributed by atoms with Gasteiger partial charge in [0.1, 0.15) is 12.4 Å². The number of hydrogen-bond acceptors (Lipinski definition) is 5. The van der Waals surface area contributed by atoms with Crippen molar-refractivity contribution in [2.45, 2.75) is 54.4 Å². The highest BCUT2D eigenvalue weighted by molar-refractivity contribution is 6.00. The van der Waals surface area contributed by atoms with Gasteiger partial charge in [0.05, 0.1) is 18.0 Å². The van der Waals surface area contributed by atoms with Gasteiger partial charge in [-0.2, -0.15) is 0 Å². The zero-order chi connectivity index (χ0) is 29.7. The average Bonchev–Trinajstić information content (AvgIpc) is 3.54. The molecule has 3 atom stereocenters. The number of methoxy groups -OCH3 is 1. The lowest BCUT2D eigenvalue weighted by Crippen LogP contribution is -2.28. The number of halogens is 1. The molecule has 0 spiro atoms. The van der Waals surface area contributed by atoms with Gasteiger partial charge >= 0.3 is 0 Å². The van der Waals surface area contributed by atoms with Gasteiger partial charge in [-0.3, -0.25) is 9.78 Å². The molecule has 6 nitrogen and oxygen atoms in total. The molecule has 1 saturated carbocycles. The molecular weight excluding hydrogens is 517 g/mol. The second-order valence-corrected chi connectivity index (χ2v) is 11.0. The Kier molecular flexibility index (Phi) is 9.69. The number of anilines is 1. The van der Waals surface area contributed by atoms with Crippen LogP contribution in [0.2, 0.25) is 0 Å². The number of likely N-dealkylation sites (N-methyl/N-ethyl adjacent to an activating group) is 1. The molecule has 1 N–H and O–H groups in total. The van der Waals surface area contributed by atoms with Gasteiger partial charge in [0.2, 0.25) is 5.91 Å². The van der Waals surface area contributed by atoms with Crippen molar-refractivity contribution in [1.29, 1.82) is 0 Å². The fourth-order valence-electron chi connectivity index (χ4n) is 6.18. The highest BCUT2D eigenvalue weighted by Gasteiger charge is 2.65. The number of aromatic nitrogens is 1. The Bertz CT molecular complexity index is 1410. The van der Waals surface area contributed by atoms with Crippen LogP contribution < -0.4 is 14.8 Å². The fourth-order valence-corrected chi connectivity index (χ4v) is 6.18. The number of aryl methyl sites for hydroxylation is 2. The van der Waals surface area contributed by atoms with Crippen molar-refractivity contribution in [2.75, 3.05) is 38.7 Å². The van der Waals surface area contributed by atoms with Gasteiger partial charge in [-0.1, -0.05) is 45.4 Å². The molecule has 1 heterocycles. The largest absolute Gasteiger partial charge is 0.493 e. The highest BCUT2D eigenvalue weighted by atomic mass is 19.1. The van der Waals surface area contributed by atoms with Crippen molar-refractivity contribution >= 4 is 22.5 Å². The van der Waals surface area contributed by atoms with E-state index in [-0.39, 0.29) is 23.6 Å². The van der Waals surface area contributed by atoms with Crippen molar-refractivity contribution in [3.05, 3.63) is 71.2 Å². The predicted molar refractivity (Wildman–Crippen MR) is 164 cm³/mol. The number of rotatable bonds is 13. The van der Waals surface area contributed by atoms with E-state index < -0.39 is 5.41 Å². The molecule has 4 rings (SSSR count). The third-order valence-corrected chi connectivity index (χ3v) is 9.19. The van der Waals surface area contributed by atoms with Crippen LogP contribution in [0, 0.1) is 23.1 Å². The predicted octanol–water partition coefficient (Wildman–Crippen LogP) is 7.07. The van der Waals surface area contributed by atoms with E-state index in [1.807, 2.05) is 38.1 Å². The number of amides is 1. The molecule has 1 aliphatic rings. The molecule has 1 amide bonds. The maximum atomic E-state index is 15.2. The summed E-state index contributed by atoms with van der Waals surface area (Å²) in [6.45, 7) is 15.8. The summed E-state index contributed by atoms with van der Waals surface area (Å²) in [5, 5.41) is 3.94. The van der Waals surface area contributed by atoms with Crippen LogP contribution in [-0.2, 0) is 17.6 Å². The van der Waals surface area contributed by atoms with Crippen LogP contribution in [-0.4, -0.2) is 49.1 Å². The Morgan fingerprint density at radius 3 is 2.39 bits per heavy atom. The monoisotopic (exact) mass is 561 g/mol. The van der Waals surface area contributed by atoms with Crippen LogP contribution in [0.4, 0.5) is 10.1 Å². The summed E-state index contributed by atoms with van der Waals surface area (Å²) in [5.74, 6) is 1.45. The number of pyridine rings is 1. The van der Waals surface area contributed by atoms with E-state index in [1.165, 1.54) is 6.07 Å². The molecule has 1 fully saturated rings. The summed E-state index contributed by atoms with van der Waals surface area (Å²) in [5.41, 5.74) is 3.51. The lowest BCUT2D eigenvalue weighted by Gasteiger charge is -2.19. The summed E-state index contributed by atoms with van der Waals surface area (Å²) in [4.78, 5) is 20.1. The smallest absolute Gasteiger partial charge is 0.235 e.